The molecule has 0 aliphatic carbocycles. The van der Waals surface area contributed by atoms with Gasteiger partial charge in [0.25, 0.3) is 5.69 Å². The molecule has 2 rings (SSSR count). The Bertz CT molecular complexity index is 694. The van der Waals surface area contributed by atoms with Gasteiger partial charge in [0.05, 0.1) is 24.7 Å². The Kier molecular flexibility index (Phi) is 4.73. The van der Waals surface area contributed by atoms with Crippen LogP contribution in [0.1, 0.15) is 21.5 Å². The largest absolute Gasteiger partial charge is 0.497 e. The molecule has 0 aliphatic heterocycles. The quantitative estimate of drug-likeness (QED) is 0.482. The maximum absolute atomic E-state index is 11.6. The summed E-state index contributed by atoms with van der Waals surface area (Å²) in [5.41, 5.74) is 1.66. The number of carbonyl (C=O) groups excluding carboxylic acids is 1. The van der Waals surface area contributed by atoms with Crippen molar-refractivity contribution in [1.82, 2.24) is 0 Å². The van der Waals surface area contributed by atoms with E-state index in [0.717, 1.165) is 11.3 Å². The molecule has 0 bridgehead atoms. The second-order valence-corrected chi connectivity index (χ2v) is 4.66. The van der Waals surface area contributed by atoms with Gasteiger partial charge in [-0.05, 0) is 35.7 Å². The van der Waals surface area contributed by atoms with Crippen LogP contribution in [0.3, 0.4) is 0 Å². The minimum absolute atomic E-state index is 0.133. The highest BCUT2D eigenvalue weighted by atomic mass is 16.6. The van der Waals surface area contributed by atoms with Crippen LogP contribution in [-0.4, -0.2) is 25.1 Å². The lowest BCUT2D eigenvalue weighted by atomic mass is 10.0. The molecule has 6 heteroatoms. The van der Waals surface area contributed by atoms with Gasteiger partial charge in [-0.3, -0.25) is 10.1 Å². The second kappa shape index (κ2) is 6.71. The number of rotatable bonds is 5. The van der Waals surface area contributed by atoms with Crippen LogP contribution in [0.25, 0.3) is 0 Å². The number of non-ortho nitro benzene ring substituents is 1. The normalized spacial score (nSPS) is 10.1. The maximum Gasteiger partial charge on any atom is 0.338 e. The van der Waals surface area contributed by atoms with E-state index in [4.69, 9.17) is 4.74 Å². The van der Waals surface area contributed by atoms with Crippen molar-refractivity contribution < 1.29 is 19.2 Å². The number of ether oxygens (including phenoxy) is 2. The molecule has 0 heterocycles. The van der Waals surface area contributed by atoms with Gasteiger partial charge >= 0.3 is 5.97 Å². The van der Waals surface area contributed by atoms with Crippen LogP contribution in [0.5, 0.6) is 5.75 Å². The number of hydrogen-bond acceptors (Lipinski definition) is 5. The topological polar surface area (TPSA) is 78.7 Å². The Balaban J connectivity index is 2.34. The van der Waals surface area contributed by atoms with Crippen LogP contribution in [-0.2, 0) is 11.2 Å². The van der Waals surface area contributed by atoms with Gasteiger partial charge in [0, 0.05) is 12.1 Å². The van der Waals surface area contributed by atoms with Crippen molar-refractivity contribution in [2.45, 2.75) is 6.42 Å². The van der Waals surface area contributed by atoms with Crippen LogP contribution >= 0.6 is 0 Å². The lowest BCUT2D eigenvalue weighted by Crippen LogP contribution is -2.04. The van der Waals surface area contributed by atoms with Crippen molar-refractivity contribution in [1.29, 1.82) is 0 Å². The van der Waals surface area contributed by atoms with Crippen molar-refractivity contribution in [2.24, 2.45) is 0 Å². The van der Waals surface area contributed by atoms with E-state index in [0.29, 0.717) is 12.0 Å². The zero-order valence-corrected chi connectivity index (χ0v) is 12.2. The molecule has 0 radical (unpaired) electrons. The number of nitro benzene ring substituents is 1. The Morgan fingerprint density at radius 3 is 2.32 bits per heavy atom. The van der Waals surface area contributed by atoms with Gasteiger partial charge in [-0.25, -0.2) is 4.79 Å². The first kappa shape index (κ1) is 15.5. The molecule has 0 saturated heterocycles. The molecule has 0 aliphatic rings. The SMILES string of the molecule is COC(=O)c1cc(Cc2ccc(OC)cc2)cc([N+](=O)[O-])c1. The van der Waals surface area contributed by atoms with E-state index in [1.165, 1.54) is 19.2 Å². The molecule has 2 aromatic carbocycles. The van der Waals surface area contributed by atoms with Crippen molar-refractivity contribution in [3.05, 3.63) is 69.3 Å². The van der Waals surface area contributed by atoms with E-state index in [9.17, 15) is 14.9 Å². The summed E-state index contributed by atoms with van der Waals surface area (Å²) in [5.74, 6) is 0.137. The second-order valence-electron chi connectivity index (χ2n) is 4.66. The molecule has 0 aromatic heterocycles. The van der Waals surface area contributed by atoms with Crippen molar-refractivity contribution in [3.8, 4) is 5.75 Å². The molecule has 0 saturated carbocycles. The Labute approximate surface area is 127 Å². The van der Waals surface area contributed by atoms with Gasteiger partial charge in [-0.1, -0.05) is 12.1 Å². The number of benzene rings is 2. The first-order valence-corrected chi connectivity index (χ1v) is 6.53. The molecular weight excluding hydrogens is 286 g/mol. The van der Waals surface area contributed by atoms with Gasteiger partial charge in [0.15, 0.2) is 0 Å². The molecule has 0 unspecified atom stereocenters. The Morgan fingerprint density at radius 2 is 1.77 bits per heavy atom. The molecule has 6 nitrogen and oxygen atoms in total. The Hall–Kier alpha value is -2.89. The van der Waals surface area contributed by atoms with Crippen molar-refractivity contribution in [2.75, 3.05) is 14.2 Å². The maximum atomic E-state index is 11.6. The molecule has 2 aromatic rings. The summed E-state index contributed by atoms with van der Waals surface area (Å²) in [6.07, 6.45) is 0.468. The zero-order valence-electron chi connectivity index (χ0n) is 12.2. The van der Waals surface area contributed by atoms with Crippen LogP contribution in [0.4, 0.5) is 5.69 Å². The molecule has 0 spiro atoms. The third-order valence-electron chi connectivity index (χ3n) is 3.18. The average molecular weight is 301 g/mol. The minimum Gasteiger partial charge on any atom is -0.497 e. The molecule has 0 amide bonds. The molecule has 114 valence electrons. The fourth-order valence-corrected chi connectivity index (χ4v) is 2.10. The predicted octanol–water partition coefficient (Wildman–Crippen LogP) is 2.98. The van der Waals surface area contributed by atoms with Gasteiger partial charge in [-0.2, -0.15) is 0 Å². The van der Waals surface area contributed by atoms with Gasteiger partial charge < -0.3 is 9.47 Å². The van der Waals surface area contributed by atoms with E-state index >= 15 is 0 Å². The van der Waals surface area contributed by atoms with Crippen LogP contribution in [0, 0.1) is 10.1 Å². The molecule has 0 N–H and O–H groups in total. The van der Waals surface area contributed by atoms with Gasteiger partial charge in [0.2, 0.25) is 0 Å². The smallest absolute Gasteiger partial charge is 0.338 e. The fourth-order valence-electron chi connectivity index (χ4n) is 2.10. The lowest BCUT2D eigenvalue weighted by molar-refractivity contribution is -0.384. The van der Waals surface area contributed by atoms with E-state index in [2.05, 4.69) is 4.74 Å². The van der Waals surface area contributed by atoms with Crippen LogP contribution < -0.4 is 4.74 Å². The summed E-state index contributed by atoms with van der Waals surface area (Å²) in [6, 6.07) is 11.6. The molecule has 22 heavy (non-hydrogen) atoms. The number of carbonyl (C=O) groups is 1. The fraction of sp³-hybridized carbons (Fsp3) is 0.188. The molecule has 0 fully saturated rings. The zero-order chi connectivity index (χ0) is 16.1. The summed E-state index contributed by atoms with van der Waals surface area (Å²) in [6.45, 7) is 0. The highest BCUT2D eigenvalue weighted by Gasteiger charge is 2.15. The van der Waals surface area contributed by atoms with Crippen molar-refractivity contribution in [3.63, 3.8) is 0 Å². The summed E-state index contributed by atoms with van der Waals surface area (Å²) in [5, 5.41) is 11.0. The number of methoxy groups -OCH3 is 2. The van der Waals surface area contributed by atoms with E-state index < -0.39 is 10.9 Å². The van der Waals surface area contributed by atoms with E-state index in [-0.39, 0.29) is 11.3 Å². The minimum atomic E-state index is -0.598. The Morgan fingerprint density at radius 1 is 1.09 bits per heavy atom. The monoisotopic (exact) mass is 301 g/mol. The summed E-state index contributed by atoms with van der Waals surface area (Å²) in [7, 11) is 2.82. The third-order valence-corrected chi connectivity index (χ3v) is 3.18. The van der Waals surface area contributed by atoms with Crippen LogP contribution in [0.2, 0.25) is 0 Å². The van der Waals surface area contributed by atoms with Crippen LogP contribution in [0.15, 0.2) is 42.5 Å². The lowest BCUT2D eigenvalue weighted by Gasteiger charge is -2.06. The van der Waals surface area contributed by atoms with Gasteiger partial charge in [-0.15, -0.1) is 0 Å². The number of hydrogen-bond donors (Lipinski definition) is 0. The number of nitrogens with zero attached hydrogens (tertiary/aromatic N) is 1. The van der Waals surface area contributed by atoms with Gasteiger partial charge in [0.1, 0.15) is 5.75 Å². The highest BCUT2D eigenvalue weighted by Crippen LogP contribution is 2.21. The number of esters is 1. The molecule has 0 atom stereocenters. The summed E-state index contributed by atoms with van der Waals surface area (Å²) < 4.78 is 9.71. The first-order chi connectivity index (χ1) is 10.5. The van der Waals surface area contributed by atoms with E-state index in [1.807, 2.05) is 24.3 Å². The first-order valence-electron chi connectivity index (χ1n) is 6.53. The highest BCUT2D eigenvalue weighted by molar-refractivity contribution is 5.90. The number of nitro groups is 1. The van der Waals surface area contributed by atoms with Crippen molar-refractivity contribution >= 4 is 11.7 Å². The van der Waals surface area contributed by atoms with E-state index in [1.54, 1.807) is 13.2 Å². The standard InChI is InChI=1S/C16H15NO5/c1-21-15-5-3-11(4-6-15)7-12-8-13(16(18)22-2)10-14(9-12)17(19)20/h3-6,8-10H,7H2,1-2H3. The summed E-state index contributed by atoms with van der Waals surface area (Å²) >= 11 is 0. The predicted molar refractivity (Wildman–Crippen MR) is 80.2 cm³/mol. The third kappa shape index (κ3) is 3.60. The molecular formula is C16H15NO5. The average Bonchev–Trinajstić information content (AvgIpc) is 2.54. The summed E-state index contributed by atoms with van der Waals surface area (Å²) in [4.78, 5) is 22.1.